The zero-order chi connectivity index (χ0) is 14.5. The fourth-order valence-electron chi connectivity index (χ4n) is 4.80. The third-order valence-electron chi connectivity index (χ3n) is 5.84. The van der Waals surface area contributed by atoms with Crippen molar-refractivity contribution >= 4 is 5.97 Å². The highest BCUT2D eigenvalue weighted by molar-refractivity contribution is 5.67. The zero-order valence-electron chi connectivity index (χ0n) is 13.1. The molecule has 2 saturated carbocycles. The maximum Gasteiger partial charge on any atom is 0.303 e. The third kappa shape index (κ3) is 2.23. The molecule has 2 rings (SSSR count). The van der Waals surface area contributed by atoms with E-state index in [9.17, 15) is 4.79 Å². The van der Waals surface area contributed by atoms with Gasteiger partial charge in [-0.15, -0.1) is 0 Å². The molecule has 0 aromatic rings. The van der Waals surface area contributed by atoms with E-state index >= 15 is 0 Å². The van der Waals surface area contributed by atoms with Crippen molar-refractivity contribution in [3.8, 4) is 0 Å². The van der Waals surface area contributed by atoms with Gasteiger partial charge in [0.25, 0.3) is 0 Å². The van der Waals surface area contributed by atoms with Gasteiger partial charge in [0.05, 0.1) is 0 Å². The first-order valence-electron chi connectivity index (χ1n) is 7.51. The van der Waals surface area contributed by atoms with E-state index in [0.717, 1.165) is 18.4 Å². The Balaban J connectivity index is 2.34. The second-order valence-electron chi connectivity index (χ2n) is 7.65. The molecule has 0 saturated heterocycles. The maximum absolute atomic E-state index is 11.4. The van der Waals surface area contributed by atoms with E-state index in [1.807, 2.05) is 6.92 Å². The third-order valence-corrected chi connectivity index (χ3v) is 5.84. The Kier molecular flexibility index (Phi) is 3.35. The molecule has 1 unspecified atom stereocenters. The Labute approximate surface area is 117 Å². The molecule has 2 fully saturated rings. The number of carbonyl (C=O) groups excluding carboxylic acids is 1. The van der Waals surface area contributed by atoms with Crippen LogP contribution in [0, 0.1) is 16.7 Å². The van der Waals surface area contributed by atoms with Crippen molar-refractivity contribution in [1.82, 2.24) is 0 Å². The van der Waals surface area contributed by atoms with Gasteiger partial charge in [-0.05, 0) is 54.9 Å². The van der Waals surface area contributed by atoms with Gasteiger partial charge in [0, 0.05) is 6.92 Å². The van der Waals surface area contributed by atoms with Crippen LogP contribution in [0.3, 0.4) is 0 Å². The predicted octanol–water partition coefficient (Wildman–Crippen LogP) is 4.49. The molecule has 0 aromatic heterocycles. The first-order chi connectivity index (χ1) is 8.62. The first-order valence-corrected chi connectivity index (χ1v) is 7.51. The van der Waals surface area contributed by atoms with Gasteiger partial charge >= 0.3 is 5.97 Å². The number of esters is 1. The minimum absolute atomic E-state index is 0.115. The molecule has 2 aliphatic rings. The molecule has 19 heavy (non-hydrogen) atoms. The van der Waals surface area contributed by atoms with Gasteiger partial charge in [0.1, 0.15) is 5.60 Å². The molecule has 3 atom stereocenters. The zero-order valence-corrected chi connectivity index (χ0v) is 13.1. The highest BCUT2D eigenvalue weighted by Crippen LogP contribution is 2.61. The Bertz CT molecular complexity index is 409. The summed E-state index contributed by atoms with van der Waals surface area (Å²) in [7, 11) is 0. The standard InChI is InChI=1S/C17H28O2/c1-12-16(5)10-7-9-15(3,4)14(16)8-11-17(12,6)19-13(2)18/h14H,1,7-11H2,2-6H3/t14?,16-,17-/m1/s1. The highest BCUT2D eigenvalue weighted by atomic mass is 16.6. The summed E-state index contributed by atoms with van der Waals surface area (Å²) >= 11 is 0. The summed E-state index contributed by atoms with van der Waals surface area (Å²) in [4.78, 5) is 11.4. The van der Waals surface area contributed by atoms with Crippen LogP contribution in [0.15, 0.2) is 12.2 Å². The molecule has 108 valence electrons. The lowest BCUT2D eigenvalue weighted by molar-refractivity contribution is -0.159. The summed E-state index contributed by atoms with van der Waals surface area (Å²) < 4.78 is 5.63. The van der Waals surface area contributed by atoms with Crippen LogP contribution in [0.2, 0.25) is 0 Å². The molecule has 0 spiro atoms. The molecule has 0 aliphatic heterocycles. The average molecular weight is 264 g/mol. The number of rotatable bonds is 1. The smallest absolute Gasteiger partial charge is 0.303 e. The molecule has 0 bridgehead atoms. The fraction of sp³-hybridized carbons (Fsp3) is 0.824. The van der Waals surface area contributed by atoms with Crippen LogP contribution in [-0.2, 0) is 9.53 Å². The van der Waals surface area contributed by atoms with Gasteiger partial charge < -0.3 is 4.74 Å². The quantitative estimate of drug-likeness (QED) is 0.515. The van der Waals surface area contributed by atoms with Crippen LogP contribution in [0.1, 0.15) is 66.7 Å². The molecule has 0 amide bonds. The summed E-state index contributed by atoms with van der Waals surface area (Å²) in [6, 6.07) is 0. The monoisotopic (exact) mass is 264 g/mol. The number of hydrogen-bond acceptors (Lipinski definition) is 2. The van der Waals surface area contributed by atoms with Crippen molar-refractivity contribution in [2.45, 2.75) is 72.3 Å². The summed E-state index contributed by atoms with van der Waals surface area (Å²) in [6.45, 7) is 15.0. The Hall–Kier alpha value is -0.790. The number of carbonyl (C=O) groups is 1. The molecule has 0 radical (unpaired) electrons. The molecule has 0 aromatic carbocycles. The van der Waals surface area contributed by atoms with Crippen molar-refractivity contribution in [1.29, 1.82) is 0 Å². The Morgan fingerprint density at radius 3 is 2.42 bits per heavy atom. The maximum atomic E-state index is 11.4. The average Bonchev–Trinajstić information content (AvgIpc) is 2.23. The van der Waals surface area contributed by atoms with Crippen LogP contribution in [-0.4, -0.2) is 11.6 Å². The van der Waals surface area contributed by atoms with Crippen LogP contribution in [0.5, 0.6) is 0 Å². The highest BCUT2D eigenvalue weighted by Gasteiger charge is 2.55. The second kappa shape index (κ2) is 4.36. The topological polar surface area (TPSA) is 26.3 Å². The lowest BCUT2D eigenvalue weighted by Gasteiger charge is -2.58. The molecule has 0 N–H and O–H groups in total. The minimum Gasteiger partial charge on any atom is -0.455 e. The van der Waals surface area contributed by atoms with Gasteiger partial charge in [-0.25, -0.2) is 0 Å². The lowest BCUT2D eigenvalue weighted by atomic mass is 9.48. The van der Waals surface area contributed by atoms with E-state index in [1.54, 1.807) is 0 Å². The normalized spacial score (nSPS) is 41.5. The molecule has 2 aliphatic carbocycles. The van der Waals surface area contributed by atoms with E-state index < -0.39 is 5.60 Å². The number of fused-ring (bicyclic) bond motifs is 1. The van der Waals surface area contributed by atoms with Gasteiger partial charge in [-0.1, -0.05) is 33.8 Å². The van der Waals surface area contributed by atoms with Crippen molar-refractivity contribution in [2.24, 2.45) is 16.7 Å². The van der Waals surface area contributed by atoms with Crippen molar-refractivity contribution < 1.29 is 9.53 Å². The lowest BCUT2D eigenvalue weighted by Crippen LogP contribution is -2.53. The summed E-state index contributed by atoms with van der Waals surface area (Å²) in [5.41, 5.74) is 1.15. The van der Waals surface area contributed by atoms with Crippen LogP contribution in [0.25, 0.3) is 0 Å². The summed E-state index contributed by atoms with van der Waals surface area (Å²) in [5.74, 6) is 0.464. The molecular formula is C17H28O2. The van der Waals surface area contributed by atoms with E-state index in [2.05, 4.69) is 27.4 Å². The molecule has 2 nitrogen and oxygen atoms in total. The second-order valence-corrected chi connectivity index (χ2v) is 7.65. The van der Waals surface area contributed by atoms with Gasteiger partial charge in [-0.2, -0.15) is 0 Å². The largest absolute Gasteiger partial charge is 0.455 e. The minimum atomic E-state index is -0.468. The van der Waals surface area contributed by atoms with Crippen molar-refractivity contribution in [2.75, 3.05) is 0 Å². The van der Waals surface area contributed by atoms with E-state index in [1.165, 1.54) is 26.2 Å². The van der Waals surface area contributed by atoms with E-state index in [4.69, 9.17) is 4.74 Å². The summed E-state index contributed by atoms with van der Waals surface area (Å²) in [5, 5.41) is 0. The van der Waals surface area contributed by atoms with Gasteiger partial charge in [0.2, 0.25) is 0 Å². The van der Waals surface area contributed by atoms with Crippen molar-refractivity contribution in [3.05, 3.63) is 12.2 Å². The Morgan fingerprint density at radius 2 is 1.84 bits per heavy atom. The van der Waals surface area contributed by atoms with Gasteiger partial charge in [-0.3, -0.25) is 4.79 Å². The van der Waals surface area contributed by atoms with E-state index in [-0.39, 0.29) is 11.4 Å². The SMILES string of the molecule is C=C1[C@](C)(OC(C)=O)CCC2C(C)(C)CCC[C@]12C. The Morgan fingerprint density at radius 1 is 1.21 bits per heavy atom. The van der Waals surface area contributed by atoms with E-state index in [0.29, 0.717) is 11.3 Å². The number of hydrogen-bond donors (Lipinski definition) is 0. The molecule has 2 heteroatoms. The first kappa shape index (κ1) is 14.6. The van der Waals surface area contributed by atoms with Crippen LogP contribution in [0.4, 0.5) is 0 Å². The van der Waals surface area contributed by atoms with Crippen LogP contribution >= 0.6 is 0 Å². The molecular weight excluding hydrogens is 236 g/mol. The summed E-state index contributed by atoms with van der Waals surface area (Å²) in [6.07, 6.45) is 5.76. The predicted molar refractivity (Wildman–Crippen MR) is 77.8 cm³/mol. The molecule has 0 heterocycles. The van der Waals surface area contributed by atoms with Gasteiger partial charge in [0.15, 0.2) is 0 Å². The van der Waals surface area contributed by atoms with Crippen molar-refractivity contribution in [3.63, 3.8) is 0 Å². The number of ether oxygens (including phenoxy) is 1. The van der Waals surface area contributed by atoms with Crippen LogP contribution < -0.4 is 0 Å². The fourth-order valence-corrected chi connectivity index (χ4v) is 4.80.